The van der Waals surface area contributed by atoms with E-state index in [1.807, 2.05) is 19.1 Å². The van der Waals surface area contributed by atoms with E-state index in [4.69, 9.17) is 9.47 Å². The number of ether oxygens (including phenoxy) is 2. The largest absolute Gasteiger partial charge is 0.493 e. The Morgan fingerprint density at radius 3 is 2.65 bits per heavy atom. The monoisotopic (exact) mass is 344 g/mol. The van der Waals surface area contributed by atoms with Crippen LogP contribution < -0.4 is 20.1 Å². The van der Waals surface area contributed by atoms with Crippen LogP contribution in [0.25, 0.3) is 0 Å². The molecule has 0 aromatic heterocycles. The molecule has 0 aliphatic carbocycles. The molecule has 1 aromatic rings. The van der Waals surface area contributed by atoms with Crippen molar-refractivity contribution in [3.63, 3.8) is 0 Å². The predicted molar refractivity (Wildman–Crippen MR) is 82.3 cm³/mol. The van der Waals surface area contributed by atoms with E-state index >= 15 is 0 Å². The number of methoxy groups -OCH3 is 1. The van der Waals surface area contributed by atoms with Gasteiger partial charge in [-0.3, -0.25) is 4.79 Å². The van der Waals surface area contributed by atoms with Crippen LogP contribution in [0.2, 0.25) is 0 Å². The predicted octanol–water partition coefficient (Wildman–Crippen LogP) is 2.08. The van der Waals surface area contributed by atoms with E-state index in [0.29, 0.717) is 18.0 Å². The minimum absolute atomic E-state index is 0.0324. The van der Waals surface area contributed by atoms with Crippen molar-refractivity contribution in [3.05, 3.63) is 22.2 Å². The number of likely N-dealkylation sites (N-methyl/N-ethyl adjacent to an activating group) is 1. The van der Waals surface area contributed by atoms with Gasteiger partial charge < -0.3 is 20.1 Å². The molecule has 0 unspecified atom stereocenters. The van der Waals surface area contributed by atoms with Crippen LogP contribution in [0.15, 0.2) is 16.6 Å². The Labute approximate surface area is 128 Å². The number of hydrogen-bond acceptors (Lipinski definition) is 4. The van der Waals surface area contributed by atoms with E-state index in [1.165, 1.54) is 0 Å². The molecule has 112 valence electrons. The van der Waals surface area contributed by atoms with E-state index in [9.17, 15) is 4.79 Å². The molecule has 0 aliphatic rings. The molecule has 0 fully saturated rings. The van der Waals surface area contributed by atoms with Gasteiger partial charge in [-0.15, -0.1) is 0 Å². The Morgan fingerprint density at radius 1 is 1.30 bits per heavy atom. The molecular formula is C14H21BrN2O3. The van der Waals surface area contributed by atoms with E-state index in [1.54, 1.807) is 7.11 Å². The molecule has 0 heterocycles. The van der Waals surface area contributed by atoms with Gasteiger partial charge in [0.1, 0.15) is 0 Å². The highest BCUT2D eigenvalue weighted by Gasteiger charge is 2.13. The van der Waals surface area contributed by atoms with Crippen molar-refractivity contribution in [1.29, 1.82) is 0 Å². The molecule has 1 aromatic carbocycles. The van der Waals surface area contributed by atoms with Gasteiger partial charge >= 0.3 is 0 Å². The third kappa shape index (κ3) is 5.02. The zero-order chi connectivity index (χ0) is 15.0. The van der Waals surface area contributed by atoms with Gasteiger partial charge in [-0.05, 0) is 47.1 Å². The van der Waals surface area contributed by atoms with Crippen LogP contribution in [0, 0.1) is 0 Å². The summed E-state index contributed by atoms with van der Waals surface area (Å²) in [5.74, 6) is 0.994. The number of amides is 1. The summed E-state index contributed by atoms with van der Waals surface area (Å²) in [7, 11) is 1.58. The van der Waals surface area contributed by atoms with Crippen LogP contribution in [0.5, 0.6) is 11.5 Å². The van der Waals surface area contributed by atoms with Crippen LogP contribution in [-0.2, 0) is 11.3 Å². The van der Waals surface area contributed by atoms with Crippen molar-refractivity contribution in [1.82, 2.24) is 10.6 Å². The standard InChI is InChI=1S/C14H21BrN2O3/c1-4-16-8-10-6-11(15)14(12(7-10)19-3)20-9-13(18)17-5-2/h6-7,16H,4-5,8-9H2,1-3H3,(H,17,18). The number of carbonyl (C=O) groups is 1. The Bertz CT molecular complexity index is 452. The lowest BCUT2D eigenvalue weighted by atomic mass is 10.2. The summed E-state index contributed by atoms with van der Waals surface area (Å²) in [5, 5.41) is 5.93. The highest BCUT2D eigenvalue weighted by Crippen LogP contribution is 2.36. The maximum atomic E-state index is 11.4. The Hall–Kier alpha value is -1.27. The molecule has 2 N–H and O–H groups in total. The Kier molecular flexibility index (Phi) is 7.40. The van der Waals surface area contributed by atoms with Crippen molar-refractivity contribution in [2.24, 2.45) is 0 Å². The van der Waals surface area contributed by atoms with Gasteiger partial charge in [0.15, 0.2) is 18.1 Å². The first-order chi connectivity index (χ1) is 9.62. The molecule has 0 saturated heterocycles. The van der Waals surface area contributed by atoms with Crippen molar-refractivity contribution in [3.8, 4) is 11.5 Å². The summed E-state index contributed by atoms with van der Waals surface area (Å²) >= 11 is 3.46. The molecule has 0 bridgehead atoms. The summed E-state index contributed by atoms with van der Waals surface area (Å²) in [5.41, 5.74) is 1.08. The second-order valence-electron chi connectivity index (χ2n) is 4.13. The fraction of sp³-hybridized carbons (Fsp3) is 0.500. The van der Waals surface area contributed by atoms with Crippen molar-refractivity contribution >= 4 is 21.8 Å². The first-order valence-corrected chi connectivity index (χ1v) is 7.38. The minimum atomic E-state index is -0.154. The summed E-state index contributed by atoms with van der Waals surface area (Å²) in [6.45, 7) is 6.12. The first kappa shape index (κ1) is 16.8. The maximum absolute atomic E-state index is 11.4. The highest BCUT2D eigenvalue weighted by molar-refractivity contribution is 9.10. The number of hydrogen-bond donors (Lipinski definition) is 2. The average molecular weight is 345 g/mol. The van der Waals surface area contributed by atoms with Gasteiger partial charge in [0, 0.05) is 13.1 Å². The third-order valence-electron chi connectivity index (χ3n) is 2.59. The van der Waals surface area contributed by atoms with E-state index < -0.39 is 0 Å². The maximum Gasteiger partial charge on any atom is 0.257 e. The second-order valence-corrected chi connectivity index (χ2v) is 4.99. The summed E-state index contributed by atoms with van der Waals surface area (Å²) in [4.78, 5) is 11.4. The fourth-order valence-corrected chi connectivity index (χ4v) is 2.27. The average Bonchev–Trinajstić information content (AvgIpc) is 2.43. The summed E-state index contributed by atoms with van der Waals surface area (Å²) < 4.78 is 11.6. The molecule has 0 spiro atoms. The van der Waals surface area contributed by atoms with Crippen molar-refractivity contribution in [2.75, 3.05) is 26.8 Å². The number of halogens is 1. The van der Waals surface area contributed by atoms with Gasteiger partial charge in [-0.2, -0.15) is 0 Å². The molecule has 0 saturated carbocycles. The zero-order valence-corrected chi connectivity index (χ0v) is 13.7. The van der Waals surface area contributed by atoms with Gasteiger partial charge in [-0.25, -0.2) is 0 Å². The highest BCUT2D eigenvalue weighted by atomic mass is 79.9. The van der Waals surface area contributed by atoms with Gasteiger partial charge in [0.25, 0.3) is 5.91 Å². The lowest BCUT2D eigenvalue weighted by Crippen LogP contribution is -2.28. The van der Waals surface area contributed by atoms with Crippen LogP contribution in [-0.4, -0.2) is 32.7 Å². The van der Waals surface area contributed by atoms with Crippen molar-refractivity contribution in [2.45, 2.75) is 20.4 Å². The van der Waals surface area contributed by atoms with E-state index in [2.05, 4.69) is 33.5 Å². The molecule has 0 radical (unpaired) electrons. The first-order valence-electron chi connectivity index (χ1n) is 6.58. The number of nitrogens with one attached hydrogen (secondary N) is 2. The lowest BCUT2D eigenvalue weighted by molar-refractivity contribution is -0.123. The van der Waals surface area contributed by atoms with Crippen molar-refractivity contribution < 1.29 is 14.3 Å². The molecule has 20 heavy (non-hydrogen) atoms. The van der Waals surface area contributed by atoms with Crippen LogP contribution >= 0.6 is 15.9 Å². The molecular weight excluding hydrogens is 324 g/mol. The van der Waals surface area contributed by atoms with E-state index in [0.717, 1.165) is 23.1 Å². The molecule has 1 amide bonds. The number of rotatable bonds is 8. The number of benzene rings is 1. The zero-order valence-electron chi connectivity index (χ0n) is 12.1. The lowest BCUT2D eigenvalue weighted by Gasteiger charge is -2.14. The Morgan fingerprint density at radius 2 is 2.05 bits per heavy atom. The summed E-state index contributed by atoms with van der Waals surface area (Å²) in [6, 6.07) is 3.86. The smallest absolute Gasteiger partial charge is 0.257 e. The Balaban J connectivity index is 2.81. The second kappa shape index (κ2) is 8.81. The fourth-order valence-electron chi connectivity index (χ4n) is 1.67. The van der Waals surface area contributed by atoms with Gasteiger partial charge in [0.2, 0.25) is 0 Å². The molecule has 5 nitrogen and oxygen atoms in total. The quantitative estimate of drug-likeness (QED) is 0.757. The SMILES string of the molecule is CCNCc1cc(Br)c(OCC(=O)NCC)c(OC)c1. The molecule has 1 rings (SSSR count). The molecule has 0 atom stereocenters. The third-order valence-corrected chi connectivity index (χ3v) is 3.18. The number of carbonyl (C=O) groups excluding carboxylic acids is 1. The minimum Gasteiger partial charge on any atom is -0.493 e. The van der Waals surface area contributed by atoms with Crippen LogP contribution in [0.4, 0.5) is 0 Å². The van der Waals surface area contributed by atoms with Gasteiger partial charge in [-0.1, -0.05) is 6.92 Å². The molecule has 6 heteroatoms. The topological polar surface area (TPSA) is 59.6 Å². The molecule has 0 aliphatic heterocycles. The van der Waals surface area contributed by atoms with Crippen LogP contribution in [0.3, 0.4) is 0 Å². The van der Waals surface area contributed by atoms with E-state index in [-0.39, 0.29) is 12.5 Å². The van der Waals surface area contributed by atoms with Crippen LogP contribution in [0.1, 0.15) is 19.4 Å². The summed E-state index contributed by atoms with van der Waals surface area (Å²) in [6.07, 6.45) is 0. The van der Waals surface area contributed by atoms with Gasteiger partial charge in [0.05, 0.1) is 11.6 Å². The normalized spacial score (nSPS) is 10.2.